The van der Waals surface area contributed by atoms with E-state index < -0.39 is 0 Å². The minimum Gasteiger partial charge on any atom is -0.359 e. The van der Waals surface area contributed by atoms with Crippen molar-refractivity contribution in [3.8, 4) is 11.3 Å². The Bertz CT molecular complexity index is 1130. The Morgan fingerprint density at radius 2 is 2.07 bits per heavy atom. The number of hydrogen-bond donors (Lipinski definition) is 1. The van der Waals surface area contributed by atoms with E-state index in [-0.39, 0.29) is 11.7 Å². The molecule has 0 radical (unpaired) electrons. The summed E-state index contributed by atoms with van der Waals surface area (Å²) in [7, 11) is 1.62. The van der Waals surface area contributed by atoms with Gasteiger partial charge in [0.05, 0.1) is 28.8 Å². The third-order valence-electron chi connectivity index (χ3n) is 4.26. The standard InChI is InChI=1S/C20H16N4O2S/c1-21-18(25)11-13-4-2-5-14(10-13)16-7-8-22-20-15(12-23-24(16)20)19(26)17-6-3-9-27-17/h2-10,12H,11H2,1H3,(H,21,25). The van der Waals surface area contributed by atoms with E-state index in [4.69, 9.17) is 0 Å². The maximum absolute atomic E-state index is 12.7. The largest absolute Gasteiger partial charge is 0.359 e. The van der Waals surface area contributed by atoms with Gasteiger partial charge < -0.3 is 5.32 Å². The molecule has 0 unspecified atom stereocenters. The number of nitrogens with one attached hydrogen (secondary N) is 1. The molecule has 0 atom stereocenters. The third-order valence-corrected chi connectivity index (χ3v) is 5.13. The molecular weight excluding hydrogens is 360 g/mol. The zero-order valence-electron chi connectivity index (χ0n) is 14.5. The van der Waals surface area contributed by atoms with E-state index in [0.29, 0.717) is 22.5 Å². The van der Waals surface area contributed by atoms with E-state index in [9.17, 15) is 9.59 Å². The van der Waals surface area contributed by atoms with Gasteiger partial charge in [-0.15, -0.1) is 11.3 Å². The van der Waals surface area contributed by atoms with Gasteiger partial charge in [0.25, 0.3) is 0 Å². The number of aromatic nitrogens is 3. The van der Waals surface area contributed by atoms with Crippen LogP contribution >= 0.6 is 11.3 Å². The molecule has 0 bridgehead atoms. The summed E-state index contributed by atoms with van der Waals surface area (Å²) in [6.07, 6.45) is 3.53. The van der Waals surface area contributed by atoms with Crippen molar-refractivity contribution < 1.29 is 9.59 Å². The van der Waals surface area contributed by atoms with Gasteiger partial charge in [-0.05, 0) is 29.1 Å². The van der Waals surface area contributed by atoms with Gasteiger partial charge >= 0.3 is 0 Å². The Hall–Kier alpha value is -3.32. The van der Waals surface area contributed by atoms with Gasteiger partial charge in [0.2, 0.25) is 11.7 Å². The fourth-order valence-electron chi connectivity index (χ4n) is 2.93. The Morgan fingerprint density at radius 3 is 2.85 bits per heavy atom. The van der Waals surface area contributed by atoms with E-state index >= 15 is 0 Å². The first kappa shape index (κ1) is 17.1. The molecule has 7 heteroatoms. The summed E-state index contributed by atoms with van der Waals surface area (Å²) < 4.78 is 1.67. The van der Waals surface area contributed by atoms with Gasteiger partial charge in [0, 0.05) is 18.8 Å². The van der Waals surface area contributed by atoms with Crippen LogP contribution in [0.3, 0.4) is 0 Å². The lowest BCUT2D eigenvalue weighted by molar-refractivity contribution is -0.119. The number of fused-ring (bicyclic) bond motifs is 1. The second kappa shape index (κ2) is 7.13. The molecule has 0 fully saturated rings. The fraction of sp³-hybridized carbons (Fsp3) is 0.100. The molecule has 4 rings (SSSR count). The number of amides is 1. The van der Waals surface area contributed by atoms with Crippen LogP contribution in [0, 0.1) is 0 Å². The average molecular weight is 376 g/mol. The molecule has 27 heavy (non-hydrogen) atoms. The molecule has 0 saturated carbocycles. The normalized spacial score (nSPS) is 10.9. The molecule has 0 aliphatic rings. The smallest absolute Gasteiger partial charge is 0.224 e. The van der Waals surface area contributed by atoms with Crippen LogP contribution in [0.25, 0.3) is 16.9 Å². The highest BCUT2D eigenvalue weighted by Crippen LogP contribution is 2.24. The summed E-state index contributed by atoms with van der Waals surface area (Å²) in [6, 6.07) is 13.2. The Balaban J connectivity index is 1.77. The molecular formula is C20H16N4O2S. The van der Waals surface area contributed by atoms with Gasteiger partial charge in [-0.3, -0.25) is 9.59 Å². The van der Waals surface area contributed by atoms with Crippen molar-refractivity contribution in [2.45, 2.75) is 6.42 Å². The van der Waals surface area contributed by atoms with Crippen LogP contribution in [0.1, 0.15) is 20.8 Å². The number of nitrogens with zero attached hydrogens (tertiary/aromatic N) is 3. The molecule has 3 heterocycles. The molecule has 1 amide bonds. The summed E-state index contributed by atoms with van der Waals surface area (Å²) in [5.41, 5.74) is 3.60. The monoisotopic (exact) mass is 376 g/mol. The number of carbonyl (C=O) groups excluding carboxylic acids is 2. The summed E-state index contributed by atoms with van der Waals surface area (Å²) in [5.74, 6) is -0.132. The van der Waals surface area contributed by atoms with Crippen LogP contribution in [0.2, 0.25) is 0 Å². The van der Waals surface area contributed by atoms with E-state index in [2.05, 4.69) is 15.4 Å². The molecule has 0 spiro atoms. The number of thiophene rings is 1. The van der Waals surface area contributed by atoms with Crippen LogP contribution in [0.15, 0.2) is 60.2 Å². The van der Waals surface area contributed by atoms with Gasteiger partial charge in [-0.2, -0.15) is 5.10 Å². The molecule has 6 nitrogen and oxygen atoms in total. The number of likely N-dealkylation sites (N-methyl/N-ethyl adjacent to an activating group) is 1. The summed E-state index contributed by atoms with van der Waals surface area (Å²) in [6.45, 7) is 0. The minimum atomic E-state index is -0.0852. The maximum atomic E-state index is 12.7. The summed E-state index contributed by atoms with van der Waals surface area (Å²) >= 11 is 1.40. The number of benzene rings is 1. The highest BCUT2D eigenvalue weighted by molar-refractivity contribution is 7.12. The van der Waals surface area contributed by atoms with Gasteiger partial charge in [-0.25, -0.2) is 9.50 Å². The average Bonchev–Trinajstić information content (AvgIpc) is 3.37. The fourth-order valence-corrected chi connectivity index (χ4v) is 3.60. The van der Waals surface area contributed by atoms with Crippen LogP contribution < -0.4 is 5.32 Å². The molecule has 0 saturated heterocycles. The maximum Gasteiger partial charge on any atom is 0.224 e. The van der Waals surface area contributed by atoms with Crippen molar-refractivity contribution in [1.29, 1.82) is 0 Å². The first-order valence-corrected chi connectivity index (χ1v) is 9.26. The zero-order chi connectivity index (χ0) is 18.8. The van der Waals surface area contributed by atoms with Crippen LogP contribution in [-0.4, -0.2) is 33.3 Å². The molecule has 4 aromatic rings. The first-order chi connectivity index (χ1) is 13.2. The number of ketones is 1. The lowest BCUT2D eigenvalue weighted by Crippen LogP contribution is -2.19. The Labute approximate surface area is 159 Å². The number of rotatable bonds is 5. The quantitative estimate of drug-likeness (QED) is 0.543. The predicted octanol–water partition coefficient (Wildman–Crippen LogP) is 2.98. The van der Waals surface area contributed by atoms with Gasteiger partial charge in [0.1, 0.15) is 0 Å². The lowest BCUT2D eigenvalue weighted by Gasteiger charge is -2.07. The molecule has 0 aliphatic heterocycles. The van der Waals surface area contributed by atoms with Crippen LogP contribution in [0.4, 0.5) is 0 Å². The van der Waals surface area contributed by atoms with Crippen LogP contribution in [-0.2, 0) is 11.2 Å². The second-order valence-electron chi connectivity index (χ2n) is 5.98. The first-order valence-electron chi connectivity index (χ1n) is 8.38. The van der Waals surface area contributed by atoms with Crippen molar-refractivity contribution in [3.63, 3.8) is 0 Å². The van der Waals surface area contributed by atoms with Crippen molar-refractivity contribution >= 4 is 28.7 Å². The second-order valence-corrected chi connectivity index (χ2v) is 6.93. The van der Waals surface area contributed by atoms with E-state index in [1.807, 2.05) is 41.8 Å². The van der Waals surface area contributed by atoms with Crippen molar-refractivity contribution in [3.05, 3.63) is 76.2 Å². The van der Waals surface area contributed by atoms with Crippen molar-refractivity contribution in [2.75, 3.05) is 7.05 Å². The molecule has 1 N–H and O–H groups in total. The van der Waals surface area contributed by atoms with Gasteiger partial charge in [0.15, 0.2) is 5.65 Å². The number of carbonyl (C=O) groups is 2. The highest BCUT2D eigenvalue weighted by atomic mass is 32.1. The van der Waals surface area contributed by atoms with E-state index in [0.717, 1.165) is 16.8 Å². The number of hydrogen-bond acceptors (Lipinski definition) is 5. The minimum absolute atomic E-state index is 0.0463. The molecule has 3 aromatic heterocycles. The molecule has 1 aromatic carbocycles. The van der Waals surface area contributed by atoms with Crippen molar-refractivity contribution in [2.24, 2.45) is 0 Å². The molecule has 0 aliphatic carbocycles. The Morgan fingerprint density at radius 1 is 1.19 bits per heavy atom. The SMILES string of the molecule is CNC(=O)Cc1cccc(-c2ccnc3c(C(=O)c4cccs4)cnn23)c1. The van der Waals surface area contributed by atoms with Crippen LogP contribution in [0.5, 0.6) is 0 Å². The zero-order valence-corrected chi connectivity index (χ0v) is 15.4. The highest BCUT2D eigenvalue weighted by Gasteiger charge is 2.18. The topological polar surface area (TPSA) is 76.4 Å². The third kappa shape index (κ3) is 3.24. The summed E-state index contributed by atoms with van der Waals surface area (Å²) in [5, 5.41) is 8.89. The van der Waals surface area contributed by atoms with E-state index in [1.54, 1.807) is 30.0 Å². The lowest BCUT2D eigenvalue weighted by atomic mass is 10.1. The predicted molar refractivity (Wildman–Crippen MR) is 104 cm³/mol. The van der Waals surface area contributed by atoms with Crippen molar-refractivity contribution in [1.82, 2.24) is 19.9 Å². The summed E-state index contributed by atoms with van der Waals surface area (Å²) in [4.78, 5) is 29.4. The van der Waals surface area contributed by atoms with Gasteiger partial charge in [-0.1, -0.05) is 24.3 Å². The van der Waals surface area contributed by atoms with E-state index in [1.165, 1.54) is 11.3 Å². The Kier molecular flexibility index (Phi) is 4.52. The molecule has 134 valence electrons.